The molecule has 0 radical (unpaired) electrons. The first-order valence-electron chi connectivity index (χ1n) is 6.70. The number of aryl methyl sites for hydroxylation is 1. The van der Waals surface area contributed by atoms with Gasteiger partial charge in [0.15, 0.2) is 0 Å². The number of aromatic nitrogens is 2. The molecule has 2 N–H and O–H groups in total. The fourth-order valence-corrected chi connectivity index (χ4v) is 3.19. The maximum Gasteiger partial charge on any atom is 0.226 e. The first-order valence-corrected chi connectivity index (χ1v) is 8.31. The van der Waals surface area contributed by atoms with Crippen LogP contribution in [0.3, 0.4) is 0 Å². The first kappa shape index (κ1) is 14.3. The van der Waals surface area contributed by atoms with Crippen molar-refractivity contribution >= 4 is 54.9 Å². The van der Waals surface area contributed by atoms with Gasteiger partial charge in [-0.3, -0.25) is 0 Å². The molecule has 3 aromatic rings. The van der Waals surface area contributed by atoms with Crippen LogP contribution in [0.2, 0.25) is 0 Å². The highest BCUT2D eigenvalue weighted by Crippen LogP contribution is 2.31. The van der Waals surface area contributed by atoms with Crippen molar-refractivity contribution in [1.82, 2.24) is 9.97 Å². The Labute approximate surface area is 135 Å². The topological polar surface area (TPSA) is 49.8 Å². The Morgan fingerprint density at radius 2 is 1.95 bits per heavy atom. The lowest BCUT2D eigenvalue weighted by Crippen LogP contribution is -2.04. The van der Waals surface area contributed by atoms with E-state index in [1.54, 1.807) is 11.3 Å². The number of thiophene rings is 1. The summed E-state index contributed by atoms with van der Waals surface area (Å²) in [6.45, 7) is 4.92. The van der Waals surface area contributed by atoms with Gasteiger partial charge in [-0.25, -0.2) is 4.98 Å². The molecule has 0 unspecified atom stereocenters. The second-order valence-electron chi connectivity index (χ2n) is 4.63. The van der Waals surface area contributed by atoms with Gasteiger partial charge in [0.05, 0.1) is 5.39 Å². The van der Waals surface area contributed by atoms with Crippen molar-refractivity contribution in [2.45, 2.75) is 13.8 Å². The first-order chi connectivity index (χ1) is 10.2. The van der Waals surface area contributed by atoms with Crippen LogP contribution < -0.4 is 10.6 Å². The lowest BCUT2D eigenvalue weighted by atomic mass is 10.3. The summed E-state index contributed by atoms with van der Waals surface area (Å²) < 4.78 is 1.06. The Kier molecular flexibility index (Phi) is 4.07. The Hall–Kier alpha value is -1.66. The number of hydrogen-bond acceptors (Lipinski definition) is 5. The zero-order valence-electron chi connectivity index (χ0n) is 11.8. The van der Waals surface area contributed by atoms with E-state index in [1.165, 1.54) is 4.88 Å². The maximum absolute atomic E-state index is 4.58. The van der Waals surface area contributed by atoms with Gasteiger partial charge in [-0.15, -0.1) is 11.3 Å². The third-order valence-electron chi connectivity index (χ3n) is 2.96. The molecule has 0 aliphatic heterocycles. The zero-order chi connectivity index (χ0) is 14.8. The van der Waals surface area contributed by atoms with Crippen molar-refractivity contribution in [2.24, 2.45) is 0 Å². The molecule has 0 bridgehead atoms. The van der Waals surface area contributed by atoms with Gasteiger partial charge >= 0.3 is 0 Å². The van der Waals surface area contributed by atoms with Crippen LogP contribution in [0.15, 0.2) is 34.8 Å². The molecule has 0 fully saturated rings. The van der Waals surface area contributed by atoms with Gasteiger partial charge in [0.1, 0.15) is 10.6 Å². The summed E-state index contributed by atoms with van der Waals surface area (Å²) in [4.78, 5) is 11.4. The van der Waals surface area contributed by atoms with Crippen molar-refractivity contribution in [1.29, 1.82) is 0 Å². The Morgan fingerprint density at radius 1 is 1.19 bits per heavy atom. The van der Waals surface area contributed by atoms with Crippen LogP contribution in [0.1, 0.15) is 11.8 Å². The molecule has 1 aromatic carbocycles. The number of fused-ring (bicyclic) bond motifs is 1. The summed E-state index contributed by atoms with van der Waals surface area (Å²) in [5.41, 5.74) is 1.00. The summed E-state index contributed by atoms with van der Waals surface area (Å²) in [7, 11) is 0. The highest BCUT2D eigenvalue weighted by atomic mass is 79.9. The molecular weight excluding hydrogens is 348 g/mol. The minimum atomic E-state index is 0.659. The second kappa shape index (κ2) is 5.99. The summed E-state index contributed by atoms with van der Waals surface area (Å²) >= 11 is 5.13. The van der Waals surface area contributed by atoms with Crippen LogP contribution in [0.5, 0.6) is 0 Å². The van der Waals surface area contributed by atoms with Crippen molar-refractivity contribution < 1.29 is 0 Å². The molecule has 2 aromatic heterocycles. The van der Waals surface area contributed by atoms with Gasteiger partial charge in [0.25, 0.3) is 0 Å². The fraction of sp³-hybridized carbons (Fsp3) is 0.200. The molecule has 4 nitrogen and oxygen atoms in total. The monoisotopic (exact) mass is 362 g/mol. The normalized spacial score (nSPS) is 10.8. The average Bonchev–Trinajstić information content (AvgIpc) is 2.82. The van der Waals surface area contributed by atoms with E-state index in [0.29, 0.717) is 5.95 Å². The number of halogens is 1. The van der Waals surface area contributed by atoms with E-state index in [4.69, 9.17) is 0 Å². The van der Waals surface area contributed by atoms with E-state index in [1.807, 2.05) is 31.2 Å². The summed E-state index contributed by atoms with van der Waals surface area (Å²) in [5.74, 6) is 1.49. The van der Waals surface area contributed by atoms with Crippen molar-refractivity contribution in [3.8, 4) is 0 Å². The third-order valence-corrected chi connectivity index (χ3v) is 4.43. The van der Waals surface area contributed by atoms with Crippen LogP contribution in [-0.2, 0) is 0 Å². The van der Waals surface area contributed by atoms with Gasteiger partial charge in [-0.05, 0) is 44.2 Å². The lowest BCUT2D eigenvalue weighted by molar-refractivity contribution is 1.11. The number of nitrogens with zero attached hydrogens (tertiary/aromatic N) is 2. The van der Waals surface area contributed by atoms with E-state index in [0.717, 1.165) is 32.7 Å². The van der Waals surface area contributed by atoms with Gasteiger partial charge in [0, 0.05) is 21.6 Å². The number of rotatable bonds is 4. The molecule has 108 valence electrons. The molecule has 0 aliphatic carbocycles. The molecule has 0 saturated carbocycles. The highest BCUT2D eigenvalue weighted by Gasteiger charge is 2.10. The van der Waals surface area contributed by atoms with Crippen LogP contribution in [0, 0.1) is 6.92 Å². The van der Waals surface area contributed by atoms with Crippen LogP contribution in [0.4, 0.5) is 17.5 Å². The molecule has 0 spiro atoms. The van der Waals surface area contributed by atoms with E-state index < -0.39 is 0 Å². The molecular formula is C15H15BrN4S. The van der Waals surface area contributed by atoms with Gasteiger partial charge < -0.3 is 10.6 Å². The number of nitrogens with one attached hydrogen (secondary N) is 2. The maximum atomic E-state index is 4.58. The largest absolute Gasteiger partial charge is 0.354 e. The summed E-state index contributed by atoms with van der Waals surface area (Å²) in [5, 5.41) is 7.62. The predicted molar refractivity (Wildman–Crippen MR) is 93.7 cm³/mol. The number of anilines is 3. The smallest absolute Gasteiger partial charge is 0.226 e. The second-order valence-corrected chi connectivity index (χ2v) is 6.78. The van der Waals surface area contributed by atoms with Gasteiger partial charge in [-0.1, -0.05) is 15.9 Å². The minimum absolute atomic E-state index is 0.659. The van der Waals surface area contributed by atoms with Crippen LogP contribution in [-0.4, -0.2) is 16.5 Å². The zero-order valence-corrected chi connectivity index (χ0v) is 14.2. The van der Waals surface area contributed by atoms with E-state index in [-0.39, 0.29) is 0 Å². The molecule has 0 atom stereocenters. The van der Waals surface area contributed by atoms with Crippen LogP contribution in [0.25, 0.3) is 10.2 Å². The summed E-state index contributed by atoms with van der Waals surface area (Å²) in [6, 6.07) is 10.2. The van der Waals surface area contributed by atoms with Gasteiger partial charge in [0.2, 0.25) is 5.95 Å². The molecule has 0 aliphatic rings. The minimum Gasteiger partial charge on any atom is -0.354 e. The van der Waals surface area contributed by atoms with E-state index in [9.17, 15) is 0 Å². The molecule has 2 heterocycles. The molecule has 0 amide bonds. The van der Waals surface area contributed by atoms with E-state index in [2.05, 4.69) is 49.5 Å². The Balaban J connectivity index is 2.04. The SMILES string of the molecule is CCNc1nc(Nc2ccc(Br)cc2)c2cc(C)sc2n1. The number of benzene rings is 1. The predicted octanol–water partition coefficient (Wildman–Crippen LogP) is 4.94. The Bertz CT molecular complexity index is 767. The highest BCUT2D eigenvalue weighted by molar-refractivity contribution is 9.10. The standard InChI is InChI=1S/C15H15BrN4S/c1-3-17-15-19-13(12-8-9(2)21-14(12)20-15)18-11-6-4-10(16)5-7-11/h4-8H,3H2,1-2H3,(H2,17,18,19,20). The van der Waals surface area contributed by atoms with Crippen LogP contribution >= 0.6 is 27.3 Å². The fourth-order valence-electron chi connectivity index (χ4n) is 2.04. The quantitative estimate of drug-likeness (QED) is 0.690. The van der Waals surface area contributed by atoms with E-state index >= 15 is 0 Å². The molecule has 21 heavy (non-hydrogen) atoms. The van der Waals surface area contributed by atoms with Gasteiger partial charge in [-0.2, -0.15) is 4.98 Å². The molecule has 3 rings (SSSR count). The summed E-state index contributed by atoms with van der Waals surface area (Å²) in [6.07, 6.45) is 0. The van der Waals surface area contributed by atoms with Crippen molar-refractivity contribution in [3.63, 3.8) is 0 Å². The molecule has 0 saturated heterocycles. The lowest BCUT2D eigenvalue weighted by Gasteiger charge is -2.09. The number of hydrogen-bond donors (Lipinski definition) is 2. The Morgan fingerprint density at radius 3 is 2.67 bits per heavy atom. The van der Waals surface area contributed by atoms with Crippen molar-refractivity contribution in [3.05, 3.63) is 39.7 Å². The third kappa shape index (κ3) is 3.16. The molecule has 6 heteroatoms. The van der Waals surface area contributed by atoms with Crippen molar-refractivity contribution in [2.75, 3.05) is 17.2 Å². The average molecular weight is 363 g/mol.